The molecule has 22 heavy (non-hydrogen) atoms. The minimum atomic E-state index is -0.316. The van der Waals surface area contributed by atoms with Crippen molar-refractivity contribution in [2.75, 3.05) is 0 Å². The number of hydrogen-bond donors (Lipinski definition) is 1. The Hall–Kier alpha value is -1.75. The molecule has 1 unspecified atom stereocenters. The van der Waals surface area contributed by atoms with Gasteiger partial charge in [0.05, 0.1) is 24.1 Å². The van der Waals surface area contributed by atoms with Crippen molar-refractivity contribution in [1.29, 1.82) is 0 Å². The van der Waals surface area contributed by atoms with Gasteiger partial charge in [0.1, 0.15) is 6.04 Å². The number of aromatic nitrogens is 2. The fourth-order valence-electron chi connectivity index (χ4n) is 3.89. The summed E-state index contributed by atoms with van der Waals surface area (Å²) in [6.45, 7) is 0. The number of fused-ring (bicyclic) bond motifs is 1. The van der Waals surface area contributed by atoms with Gasteiger partial charge in [-0.25, -0.2) is 4.98 Å². The summed E-state index contributed by atoms with van der Waals surface area (Å²) < 4.78 is 1.98. The van der Waals surface area contributed by atoms with Crippen LogP contribution in [-0.2, 0) is 0 Å². The lowest BCUT2D eigenvalue weighted by Gasteiger charge is -2.30. The number of aliphatic hydroxyl groups excluding tert-OH is 1. The lowest BCUT2D eigenvalue weighted by molar-refractivity contribution is 0.102. The van der Waals surface area contributed by atoms with Gasteiger partial charge in [-0.05, 0) is 62.0 Å². The van der Waals surface area contributed by atoms with Crippen LogP contribution in [0.5, 0.6) is 0 Å². The Morgan fingerprint density at radius 3 is 2.68 bits per heavy atom. The molecule has 116 valence electrons. The van der Waals surface area contributed by atoms with E-state index in [1.807, 2.05) is 16.8 Å². The first-order valence-electron chi connectivity index (χ1n) is 8.23. The van der Waals surface area contributed by atoms with Crippen LogP contribution in [0.25, 0.3) is 5.52 Å². The van der Waals surface area contributed by atoms with Gasteiger partial charge in [0, 0.05) is 11.8 Å². The number of rotatable bonds is 4. The van der Waals surface area contributed by atoms with Crippen molar-refractivity contribution in [3.8, 4) is 0 Å². The van der Waals surface area contributed by atoms with Crippen LogP contribution in [0.3, 0.4) is 0 Å². The SMILES string of the molecule is O=NC(c1c(C2CC2)ccn2cncc12)C1CCC(O)CC1. The molecule has 2 aromatic rings. The molecule has 1 atom stereocenters. The van der Waals surface area contributed by atoms with Gasteiger partial charge in [-0.1, -0.05) is 5.18 Å². The lowest BCUT2D eigenvalue weighted by Crippen LogP contribution is -2.23. The summed E-state index contributed by atoms with van der Waals surface area (Å²) >= 11 is 0. The van der Waals surface area contributed by atoms with Crippen molar-refractivity contribution in [2.24, 2.45) is 11.1 Å². The lowest BCUT2D eigenvalue weighted by atomic mass is 9.79. The third-order valence-electron chi connectivity index (χ3n) is 5.28. The van der Waals surface area contributed by atoms with Gasteiger partial charge < -0.3 is 9.51 Å². The molecule has 0 saturated heterocycles. The highest BCUT2D eigenvalue weighted by molar-refractivity contribution is 5.60. The van der Waals surface area contributed by atoms with Crippen molar-refractivity contribution < 1.29 is 5.11 Å². The van der Waals surface area contributed by atoms with Crippen LogP contribution in [0.4, 0.5) is 0 Å². The molecule has 2 fully saturated rings. The van der Waals surface area contributed by atoms with Crippen LogP contribution in [0, 0.1) is 10.8 Å². The normalized spacial score (nSPS) is 27.0. The van der Waals surface area contributed by atoms with Crippen molar-refractivity contribution in [3.05, 3.63) is 40.8 Å². The summed E-state index contributed by atoms with van der Waals surface area (Å²) in [5.41, 5.74) is 3.38. The van der Waals surface area contributed by atoms with Gasteiger partial charge in [0.25, 0.3) is 0 Å². The largest absolute Gasteiger partial charge is 0.393 e. The van der Waals surface area contributed by atoms with E-state index in [4.69, 9.17) is 0 Å². The predicted molar refractivity (Wildman–Crippen MR) is 83.7 cm³/mol. The van der Waals surface area contributed by atoms with E-state index in [1.165, 1.54) is 18.4 Å². The van der Waals surface area contributed by atoms with Crippen LogP contribution in [0.15, 0.2) is 30.0 Å². The molecule has 2 saturated carbocycles. The quantitative estimate of drug-likeness (QED) is 0.878. The van der Waals surface area contributed by atoms with E-state index in [0.29, 0.717) is 5.92 Å². The van der Waals surface area contributed by atoms with E-state index < -0.39 is 0 Å². The van der Waals surface area contributed by atoms with E-state index >= 15 is 0 Å². The third kappa shape index (κ3) is 2.33. The van der Waals surface area contributed by atoms with Gasteiger partial charge in [0.2, 0.25) is 0 Å². The Morgan fingerprint density at radius 1 is 1.23 bits per heavy atom. The van der Waals surface area contributed by atoms with E-state index in [2.05, 4.69) is 16.2 Å². The fraction of sp³-hybridized carbons (Fsp3) is 0.588. The maximum atomic E-state index is 11.7. The zero-order valence-electron chi connectivity index (χ0n) is 12.6. The summed E-state index contributed by atoms with van der Waals surface area (Å²) in [7, 11) is 0. The Morgan fingerprint density at radius 2 is 2.00 bits per heavy atom. The number of nitroso groups, excluding NO2 is 1. The van der Waals surface area contributed by atoms with Crippen LogP contribution in [0.2, 0.25) is 0 Å². The average molecular weight is 299 g/mol. The molecule has 2 aliphatic rings. The number of nitrogens with zero attached hydrogens (tertiary/aromatic N) is 3. The van der Waals surface area contributed by atoms with Gasteiger partial charge in [0.15, 0.2) is 0 Å². The minimum Gasteiger partial charge on any atom is -0.393 e. The molecule has 0 aliphatic heterocycles. The molecule has 5 nitrogen and oxygen atoms in total. The summed E-state index contributed by atoms with van der Waals surface area (Å²) in [6.07, 6.45) is 11.1. The first-order chi connectivity index (χ1) is 10.8. The number of hydrogen-bond acceptors (Lipinski definition) is 4. The fourth-order valence-corrected chi connectivity index (χ4v) is 3.89. The zero-order valence-corrected chi connectivity index (χ0v) is 12.6. The molecular weight excluding hydrogens is 278 g/mol. The Kier molecular flexibility index (Phi) is 3.45. The molecule has 5 heteroatoms. The highest BCUT2D eigenvalue weighted by Crippen LogP contribution is 2.47. The average Bonchev–Trinajstić information content (AvgIpc) is 3.27. The second-order valence-electron chi connectivity index (χ2n) is 6.76. The van der Waals surface area contributed by atoms with Crippen LogP contribution >= 0.6 is 0 Å². The van der Waals surface area contributed by atoms with E-state index in [9.17, 15) is 10.0 Å². The molecule has 4 rings (SSSR count). The van der Waals surface area contributed by atoms with Crippen LogP contribution < -0.4 is 0 Å². The van der Waals surface area contributed by atoms with Crippen LogP contribution in [-0.4, -0.2) is 20.6 Å². The molecule has 2 aliphatic carbocycles. The van der Waals surface area contributed by atoms with Gasteiger partial charge in [-0.3, -0.25) is 0 Å². The van der Waals surface area contributed by atoms with Crippen molar-refractivity contribution in [1.82, 2.24) is 9.38 Å². The van der Waals surface area contributed by atoms with E-state index in [0.717, 1.165) is 36.8 Å². The van der Waals surface area contributed by atoms with Crippen LogP contribution in [0.1, 0.15) is 61.6 Å². The molecular formula is C17H21N3O2. The molecule has 0 radical (unpaired) electrons. The van der Waals surface area contributed by atoms with E-state index in [1.54, 1.807) is 6.33 Å². The smallest absolute Gasteiger partial charge is 0.122 e. The zero-order chi connectivity index (χ0) is 15.1. The molecule has 1 N–H and O–H groups in total. The highest BCUT2D eigenvalue weighted by atomic mass is 16.3. The third-order valence-corrected chi connectivity index (χ3v) is 5.28. The number of imidazole rings is 1. The summed E-state index contributed by atoms with van der Waals surface area (Å²) in [5.74, 6) is 0.813. The first-order valence-corrected chi connectivity index (χ1v) is 8.23. The predicted octanol–water partition coefficient (Wildman–Crippen LogP) is 3.57. The monoisotopic (exact) mass is 299 g/mol. The van der Waals surface area contributed by atoms with Gasteiger partial charge in [-0.2, -0.15) is 4.91 Å². The van der Waals surface area contributed by atoms with Gasteiger partial charge in [-0.15, -0.1) is 0 Å². The molecule has 0 amide bonds. The summed E-state index contributed by atoms with van der Waals surface area (Å²) in [5, 5.41) is 13.3. The second kappa shape index (κ2) is 5.47. The first kappa shape index (κ1) is 13.9. The molecule has 0 aromatic carbocycles. The van der Waals surface area contributed by atoms with Crippen molar-refractivity contribution in [3.63, 3.8) is 0 Å². The van der Waals surface area contributed by atoms with E-state index in [-0.39, 0.29) is 18.1 Å². The number of aliphatic hydroxyl groups is 1. The second-order valence-corrected chi connectivity index (χ2v) is 6.76. The van der Waals surface area contributed by atoms with Crippen molar-refractivity contribution in [2.45, 2.75) is 56.6 Å². The molecule has 0 spiro atoms. The molecule has 2 heterocycles. The Balaban J connectivity index is 1.78. The maximum Gasteiger partial charge on any atom is 0.122 e. The van der Waals surface area contributed by atoms with Gasteiger partial charge >= 0.3 is 0 Å². The number of pyridine rings is 1. The maximum absolute atomic E-state index is 11.7. The minimum absolute atomic E-state index is 0.211. The Bertz CT molecular complexity index is 684. The summed E-state index contributed by atoms with van der Waals surface area (Å²) in [4.78, 5) is 15.9. The highest BCUT2D eigenvalue weighted by Gasteiger charge is 2.35. The Labute approximate surface area is 129 Å². The molecule has 0 bridgehead atoms. The standard InChI is InChI=1S/C17H21N3O2/c21-13-5-3-12(4-6-13)17(19-22)16-14(11-1-2-11)7-8-20-10-18-9-15(16)20/h7-13,17,21H,1-6H2. The topological polar surface area (TPSA) is 67.0 Å². The molecule has 2 aromatic heterocycles. The van der Waals surface area contributed by atoms with Crippen molar-refractivity contribution >= 4 is 5.52 Å². The summed E-state index contributed by atoms with van der Waals surface area (Å²) in [6, 6.07) is 1.82.